The molecule has 1 N–H and O–H groups in total. The SMILES string of the molecule is CCCC(C)C(CNC(C)(C)C)c1ccc(F)cc1. The maximum Gasteiger partial charge on any atom is 0.123 e. The quantitative estimate of drug-likeness (QED) is 0.784. The van der Waals surface area contributed by atoms with Crippen molar-refractivity contribution in [3.05, 3.63) is 35.6 Å². The van der Waals surface area contributed by atoms with Crippen LogP contribution in [0.3, 0.4) is 0 Å². The molecular formula is C17H28FN. The fourth-order valence-electron chi connectivity index (χ4n) is 2.43. The molecule has 2 heteroatoms. The van der Waals surface area contributed by atoms with Gasteiger partial charge in [0.2, 0.25) is 0 Å². The van der Waals surface area contributed by atoms with Gasteiger partial charge in [-0.15, -0.1) is 0 Å². The van der Waals surface area contributed by atoms with Crippen LogP contribution in [0.2, 0.25) is 0 Å². The minimum atomic E-state index is -0.158. The van der Waals surface area contributed by atoms with E-state index in [1.54, 1.807) is 12.1 Å². The Morgan fingerprint density at radius 2 is 1.74 bits per heavy atom. The first-order chi connectivity index (χ1) is 8.83. The Bertz CT molecular complexity index is 364. The zero-order valence-corrected chi connectivity index (χ0v) is 13.0. The van der Waals surface area contributed by atoms with E-state index in [-0.39, 0.29) is 11.4 Å². The van der Waals surface area contributed by atoms with Crippen LogP contribution in [0, 0.1) is 11.7 Å². The van der Waals surface area contributed by atoms with Crippen molar-refractivity contribution >= 4 is 0 Å². The summed E-state index contributed by atoms with van der Waals surface area (Å²) in [6, 6.07) is 6.99. The van der Waals surface area contributed by atoms with Crippen LogP contribution < -0.4 is 5.32 Å². The second-order valence-electron chi connectivity index (χ2n) is 6.55. The molecule has 19 heavy (non-hydrogen) atoms. The molecule has 0 spiro atoms. The largest absolute Gasteiger partial charge is 0.311 e. The van der Waals surface area contributed by atoms with Crippen LogP contribution >= 0.6 is 0 Å². The van der Waals surface area contributed by atoms with Crippen LogP contribution in [0.5, 0.6) is 0 Å². The lowest BCUT2D eigenvalue weighted by Gasteiger charge is -2.29. The molecule has 0 radical (unpaired) electrons. The Morgan fingerprint density at radius 1 is 1.16 bits per heavy atom. The van der Waals surface area contributed by atoms with E-state index in [0.29, 0.717) is 11.8 Å². The molecule has 0 aliphatic heterocycles. The normalized spacial score (nSPS) is 15.3. The van der Waals surface area contributed by atoms with Gasteiger partial charge in [0.1, 0.15) is 5.82 Å². The van der Waals surface area contributed by atoms with E-state index >= 15 is 0 Å². The molecule has 2 unspecified atom stereocenters. The van der Waals surface area contributed by atoms with Gasteiger partial charge in [0.05, 0.1) is 0 Å². The molecule has 0 fully saturated rings. The van der Waals surface area contributed by atoms with Gasteiger partial charge < -0.3 is 5.32 Å². The van der Waals surface area contributed by atoms with Crippen molar-refractivity contribution in [1.82, 2.24) is 5.32 Å². The van der Waals surface area contributed by atoms with Gasteiger partial charge in [0.15, 0.2) is 0 Å². The maximum absolute atomic E-state index is 13.1. The van der Waals surface area contributed by atoms with Crippen LogP contribution in [-0.4, -0.2) is 12.1 Å². The average molecular weight is 265 g/mol. The number of benzene rings is 1. The highest BCUT2D eigenvalue weighted by molar-refractivity contribution is 5.21. The van der Waals surface area contributed by atoms with Gasteiger partial charge in [-0.2, -0.15) is 0 Å². The minimum absolute atomic E-state index is 0.115. The van der Waals surface area contributed by atoms with Crippen molar-refractivity contribution in [3.8, 4) is 0 Å². The van der Waals surface area contributed by atoms with Gasteiger partial charge >= 0.3 is 0 Å². The lowest BCUT2D eigenvalue weighted by atomic mass is 9.84. The molecule has 0 saturated carbocycles. The van der Waals surface area contributed by atoms with E-state index in [4.69, 9.17) is 0 Å². The van der Waals surface area contributed by atoms with Gasteiger partial charge in [0, 0.05) is 12.1 Å². The predicted molar refractivity (Wildman–Crippen MR) is 81.0 cm³/mol. The Labute approximate surface area is 117 Å². The second-order valence-corrected chi connectivity index (χ2v) is 6.55. The van der Waals surface area contributed by atoms with Gasteiger partial charge in [0.25, 0.3) is 0 Å². The highest BCUT2D eigenvalue weighted by Gasteiger charge is 2.21. The molecule has 0 saturated heterocycles. The van der Waals surface area contributed by atoms with Crippen LogP contribution in [0.1, 0.15) is 58.9 Å². The number of hydrogen-bond acceptors (Lipinski definition) is 1. The third kappa shape index (κ3) is 5.73. The number of halogens is 1. The van der Waals surface area contributed by atoms with Gasteiger partial charge in [-0.25, -0.2) is 4.39 Å². The lowest BCUT2D eigenvalue weighted by Crippen LogP contribution is -2.39. The van der Waals surface area contributed by atoms with Gasteiger partial charge in [-0.1, -0.05) is 38.8 Å². The van der Waals surface area contributed by atoms with Gasteiger partial charge in [-0.05, 0) is 50.3 Å². The summed E-state index contributed by atoms with van der Waals surface area (Å²) >= 11 is 0. The van der Waals surface area contributed by atoms with Crippen LogP contribution in [0.4, 0.5) is 4.39 Å². The average Bonchev–Trinajstić information content (AvgIpc) is 2.30. The predicted octanol–water partition coefficient (Wildman–Crippen LogP) is 4.73. The van der Waals surface area contributed by atoms with E-state index in [0.717, 1.165) is 6.54 Å². The summed E-state index contributed by atoms with van der Waals surface area (Å²) in [5.74, 6) is 0.888. The summed E-state index contributed by atoms with van der Waals surface area (Å²) < 4.78 is 13.1. The maximum atomic E-state index is 13.1. The zero-order chi connectivity index (χ0) is 14.5. The van der Waals surface area contributed by atoms with E-state index in [9.17, 15) is 4.39 Å². The Balaban J connectivity index is 2.82. The molecule has 0 bridgehead atoms. The second kappa shape index (κ2) is 7.04. The smallest absolute Gasteiger partial charge is 0.123 e. The Kier molecular flexibility index (Phi) is 5.99. The summed E-state index contributed by atoms with van der Waals surface area (Å²) in [6.07, 6.45) is 2.39. The van der Waals surface area contributed by atoms with Crippen molar-refractivity contribution in [1.29, 1.82) is 0 Å². The highest BCUT2D eigenvalue weighted by atomic mass is 19.1. The molecule has 2 atom stereocenters. The molecule has 1 nitrogen and oxygen atoms in total. The fourth-order valence-corrected chi connectivity index (χ4v) is 2.43. The lowest BCUT2D eigenvalue weighted by molar-refractivity contribution is 0.348. The highest BCUT2D eigenvalue weighted by Crippen LogP contribution is 2.28. The molecule has 1 aromatic carbocycles. The number of nitrogens with one attached hydrogen (secondary N) is 1. The van der Waals surface area contributed by atoms with E-state index < -0.39 is 0 Å². The first kappa shape index (κ1) is 16.2. The van der Waals surface area contributed by atoms with Crippen molar-refractivity contribution in [2.75, 3.05) is 6.54 Å². The van der Waals surface area contributed by atoms with Crippen LogP contribution in [-0.2, 0) is 0 Å². The first-order valence-corrected chi connectivity index (χ1v) is 7.34. The summed E-state index contributed by atoms with van der Waals surface area (Å²) in [6.45, 7) is 12.0. The molecule has 1 rings (SSSR count). The van der Waals surface area contributed by atoms with E-state index in [2.05, 4.69) is 39.9 Å². The minimum Gasteiger partial charge on any atom is -0.311 e. The first-order valence-electron chi connectivity index (χ1n) is 7.34. The fraction of sp³-hybridized carbons (Fsp3) is 0.647. The summed E-state index contributed by atoms with van der Waals surface area (Å²) in [4.78, 5) is 0. The Morgan fingerprint density at radius 3 is 2.21 bits per heavy atom. The number of hydrogen-bond donors (Lipinski definition) is 1. The molecule has 0 aliphatic rings. The standard InChI is InChI=1S/C17H28FN/c1-6-7-13(2)16(12-19-17(3,4)5)14-8-10-15(18)11-9-14/h8-11,13,16,19H,6-7,12H2,1-5H3. The van der Waals surface area contributed by atoms with Gasteiger partial charge in [-0.3, -0.25) is 0 Å². The third-order valence-electron chi connectivity index (χ3n) is 3.58. The van der Waals surface area contributed by atoms with E-state index in [1.807, 2.05) is 12.1 Å². The van der Waals surface area contributed by atoms with E-state index in [1.165, 1.54) is 18.4 Å². The molecule has 1 aromatic rings. The summed E-state index contributed by atoms with van der Waals surface area (Å²) in [5, 5.41) is 3.58. The van der Waals surface area contributed by atoms with Crippen molar-refractivity contribution in [2.24, 2.45) is 5.92 Å². The topological polar surface area (TPSA) is 12.0 Å². The molecule has 108 valence electrons. The van der Waals surface area contributed by atoms with Crippen LogP contribution in [0.25, 0.3) is 0 Å². The third-order valence-corrected chi connectivity index (χ3v) is 3.58. The molecular weight excluding hydrogens is 237 g/mol. The van der Waals surface area contributed by atoms with Crippen LogP contribution in [0.15, 0.2) is 24.3 Å². The van der Waals surface area contributed by atoms with Crippen molar-refractivity contribution < 1.29 is 4.39 Å². The monoisotopic (exact) mass is 265 g/mol. The van der Waals surface area contributed by atoms with Crippen molar-refractivity contribution in [2.45, 2.75) is 58.9 Å². The molecule has 0 aliphatic carbocycles. The Hall–Kier alpha value is -0.890. The number of rotatable bonds is 6. The summed E-state index contributed by atoms with van der Waals surface area (Å²) in [5.41, 5.74) is 1.35. The molecule has 0 heterocycles. The van der Waals surface area contributed by atoms with Crippen molar-refractivity contribution in [3.63, 3.8) is 0 Å². The summed E-state index contributed by atoms with van der Waals surface area (Å²) in [7, 11) is 0. The molecule has 0 aromatic heterocycles. The zero-order valence-electron chi connectivity index (χ0n) is 13.0. The molecule has 0 amide bonds.